The maximum absolute atomic E-state index is 13.2. The van der Waals surface area contributed by atoms with Gasteiger partial charge in [0.15, 0.2) is 0 Å². The number of H-pyrrole nitrogens is 1. The fraction of sp³-hybridized carbons (Fsp3) is 0.263. The van der Waals surface area contributed by atoms with Crippen molar-refractivity contribution in [1.82, 2.24) is 9.97 Å². The van der Waals surface area contributed by atoms with E-state index in [1.165, 1.54) is 12.1 Å². The van der Waals surface area contributed by atoms with Gasteiger partial charge in [-0.25, -0.2) is 9.37 Å². The van der Waals surface area contributed by atoms with E-state index in [1.54, 1.807) is 30.5 Å². The van der Waals surface area contributed by atoms with Crippen LogP contribution >= 0.6 is 0 Å². The van der Waals surface area contributed by atoms with Crippen molar-refractivity contribution >= 4 is 16.7 Å². The molecule has 0 spiro atoms. The molecule has 4 nitrogen and oxygen atoms in total. The van der Waals surface area contributed by atoms with Gasteiger partial charge in [0.2, 0.25) is 0 Å². The minimum Gasteiger partial charge on any atom is -0.369 e. The standard InChI is InChI=1S/C19H20FN3O/c1-19(2,3)11-22-17-14(12-4-6-13(20)7-5-12)10-15-16(23-17)8-9-21-18(15)24/h4-10H,11H2,1-3H3,(H,21,24)(H,22,23). The topological polar surface area (TPSA) is 57.8 Å². The van der Waals surface area contributed by atoms with E-state index in [4.69, 9.17) is 0 Å². The van der Waals surface area contributed by atoms with Gasteiger partial charge in [0.05, 0.1) is 10.9 Å². The van der Waals surface area contributed by atoms with Crippen molar-refractivity contribution in [2.45, 2.75) is 20.8 Å². The second kappa shape index (κ2) is 6.07. The van der Waals surface area contributed by atoms with E-state index in [0.29, 0.717) is 16.7 Å². The molecule has 0 aliphatic heterocycles. The van der Waals surface area contributed by atoms with Gasteiger partial charge < -0.3 is 10.3 Å². The largest absolute Gasteiger partial charge is 0.369 e. The smallest absolute Gasteiger partial charge is 0.257 e. The Bertz CT molecular complexity index is 924. The molecule has 3 aromatic rings. The van der Waals surface area contributed by atoms with Gasteiger partial charge in [0.25, 0.3) is 5.56 Å². The molecule has 0 atom stereocenters. The van der Waals surface area contributed by atoms with Gasteiger partial charge in [-0.3, -0.25) is 4.79 Å². The molecule has 0 amide bonds. The van der Waals surface area contributed by atoms with Crippen LogP contribution in [0.3, 0.4) is 0 Å². The van der Waals surface area contributed by atoms with Crippen LogP contribution in [-0.2, 0) is 0 Å². The molecule has 1 aromatic carbocycles. The van der Waals surface area contributed by atoms with Crippen molar-refractivity contribution in [2.75, 3.05) is 11.9 Å². The van der Waals surface area contributed by atoms with Crippen LogP contribution in [0, 0.1) is 11.2 Å². The fourth-order valence-electron chi connectivity index (χ4n) is 2.44. The molecular formula is C19H20FN3O. The molecule has 24 heavy (non-hydrogen) atoms. The van der Waals surface area contributed by atoms with E-state index in [0.717, 1.165) is 17.7 Å². The fourth-order valence-corrected chi connectivity index (χ4v) is 2.44. The monoisotopic (exact) mass is 325 g/mol. The minimum atomic E-state index is -0.297. The number of nitrogens with one attached hydrogen (secondary N) is 2. The summed E-state index contributed by atoms with van der Waals surface area (Å²) in [5, 5.41) is 3.87. The summed E-state index contributed by atoms with van der Waals surface area (Å²) in [4.78, 5) is 19.3. The van der Waals surface area contributed by atoms with Gasteiger partial charge in [-0.1, -0.05) is 32.9 Å². The summed E-state index contributed by atoms with van der Waals surface area (Å²) < 4.78 is 13.2. The Balaban J connectivity index is 2.17. The summed E-state index contributed by atoms with van der Waals surface area (Å²) in [5.74, 6) is 0.393. The highest BCUT2D eigenvalue weighted by Gasteiger charge is 2.15. The van der Waals surface area contributed by atoms with E-state index in [9.17, 15) is 9.18 Å². The quantitative estimate of drug-likeness (QED) is 0.759. The lowest BCUT2D eigenvalue weighted by Gasteiger charge is -2.21. The third-order valence-electron chi connectivity index (χ3n) is 3.69. The molecule has 0 saturated carbocycles. The maximum Gasteiger partial charge on any atom is 0.257 e. The van der Waals surface area contributed by atoms with E-state index >= 15 is 0 Å². The average molecular weight is 325 g/mol. The lowest BCUT2D eigenvalue weighted by molar-refractivity contribution is 0.442. The highest BCUT2D eigenvalue weighted by atomic mass is 19.1. The van der Waals surface area contributed by atoms with Gasteiger partial charge >= 0.3 is 0 Å². The second-order valence-corrected chi connectivity index (χ2v) is 7.05. The first-order chi connectivity index (χ1) is 11.3. The number of hydrogen-bond acceptors (Lipinski definition) is 3. The number of aromatic nitrogens is 2. The van der Waals surface area contributed by atoms with Gasteiger partial charge in [-0.05, 0) is 35.2 Å². The highest BCUT2D eigenvalue weighted by Crippen LogP contribution is 2.30. The van der Waals surface area contributed by atoms with E-state index in [-0.39, 0.29) is 16.8 Å². The van der Waals surface area contributed by atoms with Gasteiger partial charge in [0.1, 0.15) is 11.6 Å². The first-order valence-electron chi connectivity index (χ1n) is 7.86. The lowest BCUT2D eigenvalue weighted by Crippen LogP contribution is -2.20. The van der Waals surface area contributed by atoms with Crippen LogP contribution < -0.4 is 10.9 Å². The average Bonchev–Trinajstić information content (AvgIpc) is 2.53. The zero-order valence-corrected chi connectivity index (χ0v) is 14.0. The van der Waals surface area contributed by atoms with Crippen LogP contribution in [0.5, 0.6) is 0 Å². The molecule has 0 aliphatic rings. The number of rotatable bonds is 3. The molecule has 5 heteroatoms. The summed E-state index contributed by atoms with van der Waals surface area (Å²) in [7, 11) is 0. The second-order valence-electron chi connectivity index (χ2n) is 7.05. The molecule has 0 unspecified atom stereocenters. The van der Waals surface area contributed by atoms with Crippen molar-refractivity contribution in [1.29, 1.82) is 0 Å². The Labute approximate surface area is 139 Å². The Hall–Kier alpha value is -2.69. The first-order valence-corrected chi connectivity index (χ1v) is 7.86. The number of pyridine rings is 2. The maximum atomic E-state index is 13.2. The Morgan fingerprint density at radius 3 is 2.54 bits per heavy atom. The number of anilines is 1. The molecule has 2 heterocycles. The van der Waals surface area contributed by atoms with Crippen LogP contribution in [-0.4, -0.2) is 16.5 Å². The minimum absolute atomic E-state index is 0.0743. The highest BCUT2D eigenvalue weighted by molar-refractivity contribution is 5.88. The molecule has 0 bridgehead atoms. The Kier molecular flexibility index (Phi) is 4.09. The molecule has 3 rings (SSSR count). The van der Waals surface area contributed by atoms with Crippen molar-refractivity contribution in [2.24, 2.45) is 5.41 Å². The number of fused-ring (bicyclic) bond motifs is 1. The Morgan fingerprint density at radius 2 is 1.88 bits per heavy atom. The van der Waals surface area contributed by atoms with Crippen LogP contribution in [0.1, 0.15) is 20.8 Å². The van der Waals surface area contributed by atoms with E-state index < -0.39 is 0 Å². The van der Waals surface area contributed by atoms with Gasteiger partial charge in [-0.15, -0.1) is 0 Å². The van der Waals surface area contributed by atoms with Crippen molar-refractivity contribution in [3.05, 3.63) is 58.8 Å². The zero-order chi connectivity index (χ0) is 17.3. The van der Waals surface area contributed by atoms with Crippen LogP contribution in [0.4, 0.5) is 10.2 Å². The van der Waals surface area contributed by atoms with Crippen molar-refractivity contribution in [3.8, 4) is 11.1 Å². The van der Waals surface area contributed by atoms with Crippen LogP contribution in [0.2, 0.25) is 0 Å². The van der Waals surface area contributed by atoms with Crippen LogP contribution in [0.25, 0.3) is 22.0 Å². The summed E-state index contributed by atoms with van der Waals surface area (Å²) >= 11 is 0. The summed E-state index contributed by atoms with van der Waals surface area (Å²) in [5.41, 5.74) is 2.10. The molecule has 2 aromatic heterocycles. The predicted octanol–water partition coefficient (Wildman–Crippen LogP) is 4.19. The third kappa shape index (κ3) is 3.45. The molecule has 2 N–H and O–H groups in total. The molecule has 0 radical (unpaired) electrons. The molecule has 0 fully saturated rings. The normalized spacial score (nSPS) is 11.7. The third-order valence-corrected chi connectivity index (χ3v) is 3.69. The molecular weight excluding hydrogens is 305 g/mol. The summed E-state index contributed by atoms with van der Waals surface area (Å²) in [6.45, 7) is 7.11. The number of hydrogen-bond donors (Lipinski definition) is 2. The first kappa shape index (κ1) is 16.2. The predicted molar refractivity (Wildman–Crippen MR) is 95.7 cm³/mol. The van der Waals surface area contributed by atoms with Crippen LogP contribution in [0.15, 0.2) is 47.4 Å². The lowest BCUT2D eigenvalue weighted by atomic mass is 9.96. The summed E-state index contributed by atoms with van der Waals surface area (Å²) in [6.07, 6.45) is 1.59. The number of benzene rings is 1. The summed E-state index contributed by atoms with van der Waals surface area (Å²) in [6, 6.07) is 9.77. The number of nitrogens with zero attached hydrogens (tertiary/aromatic N) is 1. The molecule has 124 valence electrons. The van der Waals surface area contributed by atoms with Crippen molar-refractivity contribution < 1.29 is 4.39 Å². The number of halogens is 1. The van der Waals surface area contributed by atoms with Crippen molar-refractivity contribution in [3.63, 3.8) is 0 Å². The van der Waals surface area contributed by atoms with E-state index in [2.05, 4.69) is 36.1 Å². The SMILES string of the molecule is CC(C)(C)CNc1nc2cc[nH]c(=O)c2cc1-c1ccc(F)cc1. The Morgan fingerprint density at radius 1 is 1.17 bits per heavy atom. The molecule has 0 saturated heterocycles. The zero-order valence-electron chi connectivity index (χ0n) is 14.0. The molecule has 0 aliphatic carbocycles. The van der Waals surface area contributed by atoms with E-state index in [1.807, 2.05) is 0 Å². The van der Waals surface area contributed by atoms with Gasteiger partial charge in [0, 0.05) is 18.3 Å². The van der Waals surface area contributed by atoms with Gasteiger partial charge in [-0.2, -0.15) is 0 Å². The number of aromatic amines is 1.